The monoisotopic (exact) mass is 289 g/mol. The summed E-state index contributed by atoms with van der Waals surface area (Å²) in [5, 5.41) is 11.0. The maximum absolute atomic E-state index is 11.0. The van der Waals surface area contributed by atoms with Crippen LogP contribution in [0.2, 0.25) is 0 Å². The van der Waals surface area contributed by atoms with Gasteiger partial charge in [-0.1, -0.05) is 31.2 Å². The van der Waals surface area contributed by atoms with Crippen LogP contribution in [0.4, 0.5) is 0 Å². The third kappa shape index (κ3) is 3.01. The van der Waals surface area contributed by atoms with E-state index in [0.717, 1.165) is 44.4 Å². The van der Waals surface area contributed by atoms with E-state index in [4.69, 9.17) is 4.74 Å². The van der Waals surface area contributed by atoms with E-state index in [1.165, 1.54) is 5.56 Å². The number of hydrogen-bond acceptors (Lipinski definition) is 3. The van der Waals surface area contributed by atoms with E-state index in [1.54, 1.807) is 0 Å². The molecule has 116 valence electrons. The highest BCUT2D eigenvalue weighted by atomic mass is 16.5. The molecule has 1 saturated heterocycles. The molecule has 0 bridgehead atoms. The molecular weight excluding hydrogens is 262 g/mol. The highest BCUT2D eigenvalue weighted by Crippen LogP contribution is 2.34. The summed E-state index contributed by atoms with van der Waals surface area (Å²) in [6.07, 6.45) is 4.28. The Morgan fingerprint density at radius 1 is 1.33 bits per heavy atom. The van der Waals surface area contributed by atoms with Crippen molar-refractivity contribution in [2.75, 3.05) is 13.2 Å². The minimum atomic E-state index is -0.372. The highest BCUT2D eigenvalue weighted by molar-refractivity contribution is 5.31. The Kier molecular flexibility index (Phi) is 4.63. The van der Waals surface area contributed by atoms with Gasteiger partial charge in [-0.05, 0) is 43.7 Å². The maximum Gasteiger partial charge on any atom is 0.0947 e. The molecule has 1 heterocycles. The fourth-order valence-corrected chi connectivity index (χ4v) is 3.89. The topological polar surface area (TPSA) is 32.7 Å². The van der Waals surface area contributed by atoms with Crippen LogP contribution >= 0.6 is 0 Å². The molecular formula is C18H27NO2. The first-order valence-corrected chi connectivity index (χ1v) is 8.34. The molecule has 1 aliphatic carbocycles. The molecule has 1 fully saturated rings. The van der Waals surface area contributed by atoms with E-state index in [1.807, 2.05) is 6.07 Å². The van der Waals surface area contributed by atoms with Crippen LogP contribution in [0.3, 0.4) is 0 Å². The second-order valence-electron chi connectivity index (χ2n) is 6.51. The lowest BCUT2D eigenvalue weighted by atomic mass is 9.95. The van der Waals surface area contributed by atoms with Crippen LogP contribution < -0.4 is 0 Å². The molecule has 2 aliphatic rings. The Bertz CT molecular complexity index is 476. The molecule has 0 spiro atoms. The number of benzene rings is 1. The second-order valence-corrected chi connectivity index (χ2v) is 6.51. The zero-order chi connectivity index (χ0) is 14.8. The number of morpholine rings is 1. The van der Waals surface area contributed by atoms with Gasteiger partial charge in [0.05, 0.1) is 18.8 Å². The van der Waals surface area contributed by atoms with Gasteiger partial charge in [-0.15, -0.1) is 0 Å². The molecule has 0 saturated carbocycles. The lowest BCUT2D eigenvalue weighted by Gasteiger charge is -2.44. The van der Waals surface area contributed by atoms with Crippen molar-refractivity contribution in [2.24, 2.45) is 0 Å². The number of aliphatic hydroxyl groups excluding tert-OH is 1. The summed E-state index contributed by atoms with van der Waals surface area (Å²) >= 11 is 0. The Morgan fingerprint density at radius 2 is 2.14 bits per heavy atom. The molecule has 3 rings (SSSR count). The number of ether oxygens (including phenoxy) is 1. The van der Waals surface area contributed by atoms with E-state index in [-0.39, 0.29) is 18.2 Å². The van der Waals surface area contributed by atoms with E-state index in [9.17, 15) is 5.11 Å². The minimum Gasteiger partial charge on any atom is -0.387 e. The lowest BCUT2D eigenvalue weighted by molar-refractivity contribution is -0.0947. The minimum absolute atomic E-state index is 0.227. The average molecular weight is 289 g/mol. The van der Waals surface area contributed by atoms with Gasteiger partial charge in [0, 0.05) is 18.6 Å². The van der Waals surface area contributed by atoms with Gasteiger partial charge in [-0.2, -0.15) is 0 Å². The average Bonchev–Trinajstić information content (AvgIpc) is 2.67. The van der Waals surface area contributed by atoms with Gasteiger partial charge in [0.2, 0.25) is 0 Å². The predicted octanol–water partition coefficient (Wildman–Crippen LogP) is 2.92. The SMILES string of the molecule is CCC1COC(C)CN1C1CCCc2ccccc2C1O. The Hall–Kier alpha value is -0.900. The highest BCUT2D eigenvalue weighted by Gasteiger charge is 2.36. The molecule has 4 atom stereocenters. The number of aryl methyl sites for hydroxylation is 1. The summed E-state index contributed by atoms with van der Waals surface area (Å²) in [6, 6.07) is 9.06. The number of hydrogen-bond donors (Lipinski definition) is 1. The molecule has 21 heavy (non-hydrogen) atoms. The molecule has 3 nitrogen and oxygen atoms in total. The Morgan fingerprint density at radius 3 is 2.95 bits per heavy atom. The second kappa shape index (κ2) is 6.47. The first kappa shape index (κ1) is 15.0. The summed E-state index contributed by atoms with van der Waals surface area (Å²) in [5.74, 6) is 0. The van der Waals surface area contributed by atoms with Crippen molar-refractivity contribution in [3.63, 3.8) is 0 Å². The fraction of sp³-hybridized carbons (Fsp3) is 0.667. The smallest absolute Gasteiger partial charge is 0.0947 e. The molecule has 4 unspecified atom stereocenters. The molecule has 1 N–H and O–H groups in total. The summed E-state index contributed by atoms with van der Waals surface area (Å²) < 4.78 is 5.82. The van der Waals surface area contributed by atoms with Crippen molar-refractivity contribution in [2.45, 2.75) is 63.8 Å². The molecule has 3 heteroatoms. The van der Waals surface area contributed by atoms with Gasteiger partial charge in [0.1, 0.15) is 0 Å². The van der Waals surface area contributed by atoms with Gasteiger partial charge in [-0.3, -0.25) is 4.90 Å². The molecule has 0 aromatic heterocycles. The van der Waals surface area contributed by atoms with Crippen molar-refractivity contribution in [1.82, 2.24) is 4.90 Å². The van der Waals surface area contributed by atoms with Gasteiger partial charge < -0.3 is 9.84 Å². The summed E-state index contributed by atoms with van der Waals surface area (Å²) in [4.78, 5) is 2.51. The maximum atomic E-state index is 11.0. The van der Waals surface area contributed by atoms with E-state index in [2.05, 4.69) is 36.9 Å². The van der Waals surface area contributed by atoms with E-state index >= 15 is 0 Å². The van der Waals surface area contributed by atoms with Crippen LogP contribution in [0.5, 0.6) is 0 Å². The molecule has 0 amide bonds. The third-order valence-corrected chi connectivity index (χ3v) is 5.09. The van der Waals surface area contributed by atoms with Gasteiger partial charge in [-0.25, -0.2) is 0 Å². The van der Waals surface area contributed by atoms with Gasteiger partial charge >= 0.3 is 0 Å². The first-order chi connectivity index (χ1) is 10.2. The van der Waals surface area contributed by atoms with E-state index in [0.29, 0.717) is 6.04 Å². The normalized spacial score (nSPS) is 34.2. The number of nitrogens with zero attached hydrogens (tertiary/aromatic N) is 1. The van der Waals surface area contributed by atoms with E-state index < -0.39 is 0 Å². The number of rotatable bonds is 2. The third-order valence-electron chi connectivity index (χ3n) is 5.09. The van der Waals surface area contributed by atoms with Crippen molar-refractivity contribution < 1.29 is 9.84 Å². The predicted molar refractivity (Wildman–Crippen MR) is 84.3 cm³/mol. The summed E-state index contributed by atoms with van der Waals surface area (Å²) in [5.41, 5.74) is 2.45. The van der Waals surface area contributed by atoms with Crippen molar-refractivity contribution in [3.8, 4) is 0 Å². The van der Waals surface area contributed by atoms with Gasteiger partial charge in [0.15, 0.2) is 0 Å². The van der Waals surface area contributed by atoms with Crippen molar-refractivity contribution in [1.29, 1.82) is 0 Å². The van der Waals surface area contributed by atoms with Crippen LogP contribution in [0.1, 0.15) is 50.3 Å². The fourth-order valence-electron chi connectivity index (χ4n) is 3.89. The standard InChI is InChI=1S/C18H27NO2/c1-3-15-12-21-13(2)11-19(15)17-10-6-8-14-7-4-5-9-16(14)18(17)20/h4-5,7,9,13,15,17-18,20H,3,6,8,10-12H2,1-2H3. The number of aliphatic hydroxyl groups is 1. The number of fused-ring (bicyclic) bond motifs is 1. The summed E-state index contributed by atoms with van der Waals surface area (Å²) in [6.45, 7) is 6.08. The molecule has 0 radical (unpaired) electrons. The van der Waals surface area contributed by atoms with Crippen LogP contribution in [-0.2, 0) is 11.2 Å². The first-order valence-electron chi connectivity index (χ1n) is 8.34. The summed E-state index contributed by atoms with van der Waals surface area (Å²) in [7, 11) is 0. The quantitative estimate of drug-likeness (QED) is 0.850. The largest absolute Gasteiger partial charge is 0.387 e. The van der Waals surface area contributed by atoms with Crippen LogP contribution in [0.15, 0.2) is 24.3 Å². The zero-order valence-electron chi connectivity index (χ0n) is 13.2. The van der Waals surface area contributed by atoms with Crippen LogP contribution in [0.25, 0.3) is 0 Å². The van der Waals surface area contributed by atoms with Crippen molar-refractivity contribution >= 4 is 0 Å². The Labute approximate surface area is 127 Å². The molecule has 1 aliphatic heterocycles. The van der Waals surface area contributed by atoms with Gasteiger partial charge in [0.25, 0.3) is 0 Å². The lowest BCUT2D eigenvalue weighted by Crippen LogP contribution is -2.54. The van der Waals surface area contributed by atoms with Crippen LogP contribution in [0, 0.1) is 0 Å². The molecule has 1 aromatic carbocycles. The Balaban J connectivity index is 1.87. The zero-order valence-corrected chi connectivity index (χ0v) is 13.2. The van der Waals surface area contributed by atoms with Crippen molar-refractivity contribution in [3.05, 3.63) is 35.4 Å². The molecule has 1 aromatic rings. The van der Waals surface area contributed by atoms with Crippen LogP contribution in [-0.4, -0.2) is 41.3 Å².